The number of benzene rings is 1. The molecule has 0 aliphatic rings. The number of non-ortho nitro benzene ring substituents is 1. The van der Waals surface area contributed by atoms with Gasteiger partial charge < -0.3 is 14.5 Å². The number of nitrogens with zero attached hydrogens (tertiary/aromatic N) is 1. The Morgan fingerprint density at radius 2 is 1.67 bits per heavy atom. The van der Waals surface area contributed by atoms with Crippen LogP contribution in [0.15, 0.2) is 30.5 Å². The number of H-pyrrole nitrogens is 1. The van der Waals surface area contributed by atoms with Crippen LogP contribution in [0.2, 0.25) is 0 Å². The summed E-state index contributed by atoms with van der Waals surface area (Å²) in [6.07, 6.45) is 1.36. The van der Waals surface area contributed by atoms with Crippen molar-refractivity contribution in [2.75, 3.05) is 13.2 Å². The van der Waals surface area contributed by atoms with Crippen molar-refractivity contribution in [2.45, 2.75) is 13.8 Å². The number of carbonyl (C=O) groups is 2. The van der Waals surface area contributed by atoms with Crippen molar-refractivity contribution in [3.63, 3.8) is 0 Å². The average molecular weight is 332 g/mol. The number of esters is 2. The number of rotatable bonds is 6. The zero-order valence-corrected chi connectivity index (χ0v) is 13.2. The van der Waals surface area contributed by atoms with Gasteiger partial charge in [-0.05, 0) is 31.5 Å². The van der Waals surface area contributed by atoms with Crippen LogP contribution in [0.4, 0.5) is 5.69 Å². The smallest absolute Gasteiger partial charge is 0.355 e. The first-order chi connectivity index (χ1) is 11.5. The van der Waals surface area contributed by atoms with Gasteiger partial charge in [0, 0.05) is 23.9 Å². The van der Waals surface area contributed by atoms with Gasteiger partial charge >= 0.3 is 11.9 Å². The van der Waals surface area contributed by atoms with Crippen molar-refractivity contribution in [1.29, 1.82) is 0 Å². The summed E-state index contributed by atoms with van der Waals surface area (Å²) in [6, 6.07) is 5.53. The highest BCUT2D eigenvalue weighted by Gasteiger charge is 2.25. The third-order valence-electron chi connectivity index (χ3n) is 3.22. The number of nitro benzene ring substituents is 1. The highest BCUT2D eigenvalue weighted by molar-refractivity contribution is 6.05. The number of carbonyl (C=O) groups excluding carboxylic acids is 2. The molecular weight excluding hydrogens is 316 g/mol. The molecule has 0 aliphatic heterocycles. The summed E-state index contributed by atoms with van der Waals surface area (Å²) in [5.41, 5.74) is 0.918. The molecule has 0 bridgehead atoms. The number of ether oxygens (including phenoxy) is 2. The molecule has 2 aromatic rings. The molecule has 2 rings (SSSR count). The molecule has 1 aromatic heterocycles. The van der Waals surface area contributed by atoms with Crippen LogP contribution in [0.3, 0.4) is 0 Å². The number of nitrogens with one attached hydrogen (secondary N) is 1. The molecule has 0 spiro atoms. The topological polar surface area (TPSA) is 112 Å². The maximum absolute atomic E-state index is 12.1. The molecule has 0 atom stereocenters. The van der Waals surface area contributed by atoms with Gasteiger partial charge in [-0.25, -0.2) is 9.59 Å². The number of aromatic amines is 1. The molecule has 0 saturated carbocycles. The predicted octanol–water partition coefficient (Wildman–Crippen LogP) is 2.94. The molecular formula is C16H16N2O6. The highest BCUT2D eigenvalue weighted by atomic mass is 16.6. The number of aromatic nitrogens is 1. The molecule has 0 aliphatic carbocycles. The van der Waals surface area contributed by atoms with Crippen LogP contribution in [0.1, 0.15) is 34.7 Å². The van der Waals surface area contributed by atoms with Crippen LogP contribution in [0.25, 0.3) is 11.1 Å². The zero-order valence-electron chi connectivity index (χ0n) is 13.2. The molecule has 0 radical (unpaired) electrons. The summed E-state index contributed by atoms with van der Waals surface area (Å²) in [4.78, 5) is 37.2. The van der Waals surface area contributed by atoms with Gasteiger partial charge in [-0.15, -0.1) is 0 Å². The van der Waals surface area contributed by atoms with Crippen molar-refractivity contribution in [1.82, 2.24) is 4.98 Å². The Hall–Kier alpha value is -3.16. The lowest BCUT2D eigenvalue weighted by molar-refractivity contribution is -0.384. The zero-order chi connectivity index (χ0) is 17.7. The minimum Gasteiger partial charge on any atom is -0.462 e. The fraction of sp³-hybridized carbons (Fsp3) is 0.250. The summed E-state index contributed by atoms with van der Waals surface area (Å²) < 4.78 is 9.96. The van der Waals surface area contributed by atoms with Crippen LogP contribution in [0, 0.1) is 10.1 Å². The Morgan fingerprint density at radius 1 is 1.08 bits per heavy atom. The minimum atomic E-state index is -0.624. The maximum atomic E-state index is 12.1. The Kier molecular flexibility index (Phi) is 5.31. The summed E-state index contributed by atoms with van der Waals surface area (Å²) in [7, 11) is 0. The van der Waals surface area contributed by atoms with E-state index in [0.29, 0.717) is 11.1 Å². The van der Waals surface area contributed by atoms with E-state index < -0.39 is 16.9 Å². The molecule has 1 heterocycles. The van der Waals surface area contributed by atoms with E-state index in [2.05, 4.69) is 4.98 Å². The van der Waals surface area contributed by atoms with E-state index in [0.717, 1.165) is 0 Å². The monoisotopic (exact) mass is 332 g/mol. The predicted molar refractivity (Wildman–Crippen MR) is 84.8 cm³/mol. The molecule has 24 heavy (non-hydrogen) atoms. The third-order valence-corrected chi connectivity index (χ3v) is 3.22. The second kappa shape index (κ2) is 7.40. The third kappa shape index (κ3) is 3.43. The molecule has 126 valence electrons. The van der Waals surface area contributed by atoms with Crippen molar-refractivity contribution < 1.29 is 24.0 Å². The lowest BCUT2D eigenvalue weighted by atomic mass is 10.0. The lowest BCUT2D eigenvalue weighted by Gasteiger charge is -2.07. The Balaban J connectivity index is 2.54. The number of hydrogen-bond donors (Lipinski definition) is 1. The SMILES string of the molecule is CCOC(=O)c1c[nH]c(C(=O)OCC)c1-c1ccc([N+](=O)[O-])cc1. The van der Waals surface area contributed by atoms with Crippen molar-refractivity contribution in [2.24, 2.45) is 0 Å². The van der Waals surface area contributed by atoms with E-state index in [1.165, 1.54) is 30.5 Å². The fourth-order valence-electron chi connectivity index (χ4n) is 2.21. The number of nitro groups is 1. The van der Waals surface area contributed by atoms with Gasteiger partial charge in [0.05, 0.1) is 23.7 Å². The first-order valence-corrected chi connectivity index (χ1v) is 7.30. The average Bonchev–Trinajstić information content (AvgIpc) is 3.00. The molecule has 8 heteroatoms. The summed E-state index contributed by atoms with van der Waals surface area (Å²) in [5, 5.41) is 10.8. The summed E-state index contributed by atoms with van der Waals surface area (Å²) in [5.74, 6) is -1.22. The van der Waals surface area contributed by atoms with Crippen molar-refractivity contribution in [3.05, 3.63) is 51.8 Å². The van der Waals surface area contributed by atoms with E-state index in [9.17, 15) is 19.7 Å². The van der Waals surface area contributed by atoms with Gasteiger partial charge in [-0.3, -0.25) is 10.1 Å². The van der Waals surface area contributed by atoms with Crippen molar-refractivity contribution in [3.8, 4) is 11.1 Å². The summed E-state index contributed by atoms with van der Waals surface area (Å²) in [6.45, 7) is 3.69. The highest BCUT2D eigenvalue weighted by Crippen LogP contribution is 2.30. The van der Waals surface area contributed by atoms with Crippen LogP contribution >= 0.6 is 0 Å². The molecule has 0 fully saturated rings. The van der Waals surface area contributed by atoms with E-state index in [-0.39, 0.29) is 30.2 Å². The number of hydrogen-bond acceptors (Lipinski definition) is 6. The molecule has 8 nitrogen and oxygen atoms in total. The van der Waals surface area contributed by atoms with E-state index >= 15 is 0 Å². The van der Waals surface area contributed by atoms with Crippen LogP contribution in [-0.2, 0) is 9.47 Å². The second-order valence-corrected chi connectivity index (χ2v) is 4.70. The van der Waals surface area contributed by atoms with E-state index in [1.807, 2.05) is 0 Å². The Morgan fingerprint density at radius 3 is 2.21 bits per heavy atom. The van der Waals surface area contributed by atoms with Gasteiger partial charge in [-0.1, -0.05) is 0 Å². The normalized spacial score (nSPS) is 10.2. The molecule has 1 N–H and O–H groups in total. The van der Waals surface area contributed by atoms with E-state index in [1.54, 1.807) is 13.8 Å². The Labute approximate surface area is 137 Å². The van der Waals surface area contributed by atoms with Gasteiger partial charge in [-0.2, -0.15) is 0 Å². The van der Waals surface area contributed by atoms with Gasteiger partial charge in [0.2, 0.25) is 0 Å². The molecule has 1 aromatic carbocycles. The van der Waals surface area contributed by atoms with Crippen LogP contribution < -0.4 is 0 Å². The largest absolute Gasteiger partial charge is 0.462 e. The quantitative estimate of drug-likeness (QED) is 0.494. The van der Waals surface area contributed by atoms with Gasteiger partial charge in [0.1, 0.15) is 5.69 Å². The summed E-state index contributed by atoms with van der Waals surface area (Å²) >= 11 is 0. The van der Waals surface area contributed by atoms with Gasteiger partial charge in [0.25, 0.3) is 5.69 Å². The first kappa shape index (κ1) is 17.2. The minimum absolute atomic E-state index is 0.0914. The van der Waals surface area contributed by atoms with E-state index in [4.69, 9.17) is 9.47 Å². The fourth-order valence-corrected chi connectivity index (χ4v) is 2.21. The van der Waals surface area contributed by atoms with Crippen LogP contribution in [0.5, 0.6) is 0 Å². The molecule has 0 unspecified atom stereocenters. The van der Waals surface area contributed by atoms with Gasteiger partial charge in [0.15, 0.2) is 0 Å². The standard InChI is InChI=1S/C16H16N2O6/c1-3-23-15(19)12-9-17-14(16(20)24-4-2)13(12)10-5-7-11(8-6-10)18(21)22/h5-9,17H,3-4H2,1-2H3. The van der Waals surface area contributed by atoms with Crippen molar-refractivity contribution >= 4 is 17.6 Å². The maximum Gasteiger partial charge on any atom is 0.355 e. The molecule has 0 saturated heterocycles. The molecule has 0 amide bonds. The Bertz CT molecular complexity index is 728. The second-order valence-electron chi connectivity index (χ2n) is 4.70. The first-order valence-electron chi connectivity index (χ1n) is 7.30. The van der Waals surface area contributed by atoms with Crippen LogP contribution in [-0.4, -0.2) is 35.1 Å². The lowest BCUT2D eigenvalue weighted by Crippen LogP contribution is -2.09.